The topological polar surface area (TPSA) is 23.6 Å². The summed E-state index contributed by atoms with van der Waals surface area (Å²) in [5, 5.41) is 0. The second-order valence-electron chi connectivity index (χ2n) is 4.72. The lowest BCUT2D eigenvalue weighted by Gasteiger charge is -2.31. The van der Waals surface area contributed by atoms with Crippen molar-refractivity contribution in [1.82, 2.24) is 9.80 Å². The van der Waals surface area contributed by atoms with E-state index in [4.69, 9.17) is 11.6 Å². The van der Waals surface area contributed by atoms with E-state index in [1.165, 1.54) is 5.75 Å². The maximum absolute atomic E-state index is 12.1. The van der Waals surface area contributed by atoms with E-state index in [0.717, 1.165) is 31.7 Å². The Balaban J connectivity index is 2.57. The summed E-state index contributed by atoms with van der Waals surface area (Å²) in [7, 11) is 4.13. The lowest BCUT2D eigenvalue weighted by molar-refractivity contribution is -0.133. The molecule has 1 unspecified atom stereocenters. The van der Waals surface area contributed by atoms with Crippen molar-refractivity contribution in [2.24, 2.45) is 0 Å². The molecule has 100 valence electrons. The van der Waals surface area contributed by atoms with Gasteiger partial charge in [0.05, 0.1) is 6.04 Å². The molecule has 3 nitrogen and oxygen atoms in total. The van der Waals surface area contributed by atoms with Crippen molar-refractivity contribution in [2.75, 3.05) is 44.6 Å². The fourth-order valence-electron chi connectivity index (χ4n) is 2.09. The second kappa shape index (κ2) is 8.22. The number of hydrogen-bond acceptors (Lipinski definition) is 3. The van der Waals surface area contributed by atoms with Crippen LogP contribution in [0.4, 0.5) is 0 Å². The van der Waals surface area contributed by atoms with E-state index >= 15 is 0 Å². The molecule has 1 aliphatic rings. The van der Waals surface area contributed by atoms with E-state index in [0.29, 0.717) is 18.3 Å². The van der Waals surface area contributed by atoms with Crippen LogP contribution in [0.15, 0.2) is 0 Å². The van der Waals surface area contributed by atoms with Gasteiger partial charge < -0.3 is 9.80 Å². The summed E-state index contributed by atoms with van der Waals surface area (Å²) in [6.45, 7) is 1.87. The lowest BCUT2D eigenvalue weighted by atomic mass is 10.2. The summed E-state index contributed by atoms with van der Waals surface area (Å²) in [4.78, 5) is 16.4. The molecule has 0 N–H and O–H groups in total. The predicted octanol–water partition coefficient (Wildman–Crippen LogP) is 1.90. The van der Waals surface area contributed by atoms with Crippen LogP contribution in [0, 0.1) is 0 Å². The van der Waals surface area contributed by atoms with Crippen LogP contribution in [0.25, 0.3) is 0 Å². The minimum absolute atomic E-state index is 0.278. The molecule has 1 saturated heterocycles. The first kappa shape index (κ1) is 15.1. The first-order valence-electron chi connectivity index (χ1n) is 6.23. The second-order valence-corrected chi connectivity index (χ2v) is 6.25. The average Bonchev–Trinajstić information content (AvgIpc) is 2.50. The monoisotopic (exact) mass is 278 g/mol. The zero-order chi connectivity index (χ0) is 12.7. The molecule has 0 bridgehead atoms. The third-order valence-corrected chi connectivity index (χ3v) is 4.32. The average molecular weight is 279 g/mol. The van der Waals surface area contributed by atoms with Crippen LogP contribution in [0.1, 0.15) is 19.3 Å². The van der Waals surface area contributed by atoms with Gasteiger partial charge in [-0.15, -0.1) is 11.6 Å². The molecule has 17 heavy (non-hydrogen) atoms. The minimum atomic E-state index is 0.278. The Bertz CT molecular complexity index is 239. The molecule has 1 fully saturated rings. The number of halogens is 1. The molecule has 1 heterocycles. The number of alkyl halides is 1. The van der Waals surface area contributed by atoms with Gasteiger partial charge in [-0.1, -0.05) is 0 Å². The molecule has 0 aliphatic carbocycles. The Kier molecular flexibility index (Phi) is 7.32. The summed E-state index contributed by atoms with van der Waals surface area (Å²) in [6, 6.07) is 0.361. The molecule has 1 amide bonds. The third kappa shape index (κ3) is 5.49. The SMILES string of the molecule is CN(C)CC1CSCCCN1C(=O)CCCCl. The van der Waals surface area contributed by atoms with Crippen molar-refractivity contribution in [3.05, 3.63) is 0 Å². The van der Waals surface area contributed by atoms with E-state index in [1.807, 2.05) is 11.8 Å². The summed E-state index contributed by atoms with van der Waals surface area (Å²) in [5.41, 5.74) is 0. The standard InChI is InChI=1S/C12H23ClN2OS/c1-14(2)9-11-10-17-8-4-7-15(11)12(16)5-3-6-13/h11H,3-10H2,1-2H3. The molecule has 1 atom stereocenters. The maximum atomic E-state index is 12.1. The zero-order valence-electron chi connectivity index (χ0n) is 10.8. The summed E-state index contributed by atoms with van der Waals surface area (Å²) >= 11 is 7.62. The molecule has 0 aromatic heterocycles. The Morgan fingerprint density at radius 1 is 1.53 bits per heavy atom. The van der Waals surface area contributed by atoms with Gasteiger partial charge in [-0.05, 0) is 32.7 Å². The van der Waals surface area contributed by atoms with E-state index in [9.17, 15) is 4.79 Å². The lowest BCUT2D eigenvalue weighted by Crippen LogP contribution is -2.46. The molecule has 5 heteroatoms. The van der Waals surface area contributed by atoms with Gasteiger partial charge in [-0.25, -0.2) is 0 Å². The van der Waals surface area contributed by atoms with Gasteiger partial charge in [0.15, 0.2) is 0 Å². The Labute approximate surface area is 114 Å². The summed E-state index contributed by atoms with van der Waals surface area (Å²) in [6.07, 6.45) is 2.50. The van der Waals surface area contributed by atoms with Gasteiger partial charge in [0, 0.05) is 31.1 Å². The fourth-order valence-corrected chi connectivity index (χ4v) is 3.28. The van der Waals surface area contributed by atoms with Crippen LogP contribution in [0.2, 0.25) is 0 Å². The van der Waals surface area contributed by atoms with E-state index in [2.05, 4.69) is 23.9 Å². The normalized spacial score (nSPS) is 21.6. The minimum Gasteiger partial charge on any atom is -0.338 e. The molecule has 0 aromatic rings. The largest absolute Gasteiger partial charge is 0.338 e. The van der Waals surface area contributed by atoms with Gasteiger partial charge in [0.1, 0.15) is 0 Å². The number of thioether (sulfide) groups is 1. The van der Waals surface area contributed by atoms with E-state index < -0.39 is 0 Å². The third-order valence-electron chi connectivity index (χ3n) is 2.86. The molecule has 0 aromatic carbocycles. The Morgan fingerprint density at radius 3 is 2.94 bits per heavy atom. The van der Waals surface area contributed by atoms with Crippen LogP contribution >= 0.6 is 23.4 Å². The predicted molar refractivity (Wildman–Crippen MR) is 76.0 cm³/mol. The number of likely N-dealkylation sites (N-methyl/N-ethyl adjacent to an activating group) is 1. The first-order chi connectivity index (χ1) is 8.15. The maximum Gasteiger partial charge on any atom is 0.222 e. The number of carbonyl (C=O) groups is 1. The summed E-state index contributed by atoms with van der Waals surface area (Å²) < 4.78 is 0. The quantitative estimate of drug-likeness (QED) is 0.718. The Morgan fingerprint density at radius 2 is 2.29 bits per heavy atom. The fraction of sp³-hybridized carbons (Fsp3) is 0.917. The van der Waals surface area contributed by atoms with Crippen molar-refractivity contribution < 1.29 is 4.79 Å². The van der Waals surface area contributed by atoms with Crippen molar-refractivity contribution >= 4 is 29.3 Å². The number of amides is 1. The van der Waals surface area contributed by atoms with Crippen molar-refractivity contribution in [1.29, 1.82) is 0 Å². The molecule has 1 aliphatic heterocycles. The van der Waals surface area contributed by atoms with Crippen molar-refractivity contribution in [3.8, 4) is 0 Å². The van der Waals surface area contributed by atoms with Gasteiger partial charge in [0.25, 0.3) is 0 Å². The van der Waals surface area contributed by atoms with Crippen molar-refractivity contribution in [2.45, 2.75) is 25.3 Å². The number of hydrogen-bond donors (Lipinski definition) is 0. The smallest absolute Gasteiger partial charge is 0.222 e. The van der Waals surface area contributed by atoms with Gasteiger partial charge in [-0.2, -0.15) is 11.8 Å². The molecular weight excluding hydrogens is 256 g/mol. The molecule has 0 saturated carbocycles. The van der Waals surface area contributed by atoms with Gasteiger partial charge in [0.2, 0.25) is 5.91 Å². The van der Waals surface area contributed by atoms with Crippen LogP contribution in [0.5, 0.6) is 0 Å². The van der Waals surface area contributed by atoms with Gasteiger partial charge in [-0.3, -0.25) is 4.79 Å². The highest BCUT2D eigenvalue weighted by Gasteiger charge is 2.25. The van der Waals surface area contributed by atoms with Crippen LogP contribution in [-0.4, -0.2) is 66.3 Å². The van der Waals surface area contributed by atoms with Crippen molar-refractivity contribution in [3.63, 3.8) is 0 Å². The first-order valence-corrected chi connectivity index (χ1v) is 7.92. The molecule has 1 rings (SSSR count). The van der Waals surface area contributed by atoms with E-state index in [-0.39, 0.29) is 5.91 Å². The molecule has 0 spiro atoms. The number of nitrogens with zero attached hydrogens (tertiary/aromatic N) is 2. The highest BCUT2D eigenvalue weighted by Crippen LogP contribution is 2.18. The van der Waals surface area contributed by atoms with Crippen LogP contribution in [-0.2, 0) is 4.79 Å². The highest BCUT2D eigenvalue weighted by atomic mass is 35.5. The molecule has 0 radical (unpaired) electrons. The zero-order valence-corrected chi connectivity index (χ0v) is 12.4. The van der Waals surface area contributed by atoms with Gasteiger partial charge >= 0.3 is 0 Å². The molecular formula is C12H23ClN2OS. The highest BCUT2D eigenvalue weighted by molar-refractivity contribution is 7.99. The van der Waals surface area contributed by atoms with E-state index in [1.54, 1.807) is 0 Å². The number of carbonyl (C=O) groups excluding carboxylic acids is 1. The number of rotatable bonds is 5. The summed E-state index contributed by atoms with van der Waals surface area (Å²) in [5.74, 6) is 3.08. The van der Waals surface area contributed by atoms with Crippen LogP contribution < -0.4 is 0 Å². The Hall–Kier alpha value is 0.0700. The van der Waals surface area contributed by atoms with Crippen LogP contribution in [0.3, 0.4) is 0 Å².